The topological polar surface area (TPSA) is 220 Å². The van der Waals surface area contributed by atoms with Crippen LogP contribution in [-0.2, 0) is 12.8 Å². The highest BCUT2D eigenvalue weighted by Crippen LogP contribution is 2.38. The largest absolute Gasteiger partial charge is 0.495 e. The molecule has 486 valence electrons. The number of fused-ring (bicyclic) bond motifs is 4. The van der Waals surface area contributed by atoms with Crippen molar-refractivity contribution in [2.75, 3.05) is 25.3 Å². The lowest BCUT2D eigenvalue weighted by Crippen LogP contribution is -2.18. The number of nitrogens with one attached hydrogen (secondary N) is 1. The van der Waals surface area contributed by atoms with Crippen molar-refractivity contribution in [3.8, 4) is 11.5 Å². The molecular weight excluding hydrogens is 1250 g/mol. The molecule has 36 heteroatoms. The number of hydrogen-bond acceptors (Lipinski definition) is 11. The number of carboxylic acids is 1. The molecule has 4 heterocycles. The Morgan fingerprint density at radius 2 is 0.920 bits per heavy atom. The molecule has 0 saturated carbocycles. The van der Waals surface area contributed by atoms with Crippen LogP contribution in [0.25, 0.3) is 11.3 Å². The summed E-state index contributed by atoms with van der Waals surface area (Å²) in [6.45, 7) is 0. The Hall–Kier alpha value is -9.61. The third kappa shape index (κ3) is 22.7. The van der Waals surface area contributed by atoms with Crippen LogP contribution >= 0.6 is 0 Å². The first-order valence-corrected chi connectivity index (χ1v) is 23.0. The molecule has 0 unspecified atom stereocenters. The highest BCUT2D eigenvalue weighted by Gasteiger charge is 2.34. The van der Waals surface area contributed by atoms with Crippen LogP contribution in [0.1, 0.15) is 88.6 Å². The number of carbonyl (C=O) groups excluding carboxylic acids is 3. The molecule has 0 saturated heterocycles. The van der Waals surface area contributed by atoms with Crippen LogP contribution in [0.4, 0.5) is 107 Å². The van der Waals surface area contributed by atoms with Gasteiger partial charge in [-0.2, -0.15) is 0 Å². The maximum atomic E-state index is 14.5. The summed E-state index contributed by atoms with van der Waals surface area (Å²) < 4.78 is 185. The Kier molecular flexibility index (Phi) is 42.9. The van der Waals surface area contributed by atoms with E-state index in [0.29, 0.717) is 41.2 Å². The second-order valence-electron chi connectivity index (χ2n) is 16.5. The van der Waals surface area contributed by atoms with Gasteiger partial charge in [0.05, 0.1) is 62.6 Å². The number of ketones is 2. The SMILES string of the molecule is COc1ccc2ncc(C(=O)Nc3cc(C(=O)C[C@@H]4c5ccccc5C[C@@H]4O)ccc3F)n2c1.COc1ccc2ncc(C(=O)O)n2c1.F.FF.FF.FF.FF.FF.FF.FF.FF.FF.Nc1cc(C(=O)C[C@@H]2c3ccccc3C[C@@H]2O)ccc1F. The number of pyridine rings is 2. The number of ether oxygens (including phenoxy) is 2. The number of nitrogens with zero attached hydrogens (tertiary/aromatic N) is 4. The van der Waals surface area contributed by atoms with Crippen LogP contribution in [0.2, 0.25) is 0 Å². The molecule has 0 aliphatic heterocycles. The van der Waals surface area contributed by atoms with E-state index in [0.717, 1.165) is 28.3 Å². The van der Waals surface area contributed by atoms with E-state index in [-0.39, 0.29) is 69.3 Å². The third-order valence-electron chi connectivity index (χ3n) is 12.2. The number of anilines is 2. The average molecular weight is 1300 g/mol. The maximum absolute atomic E-state index is 14.5. The van der Waals surface area contributed by atoms with Crippen LogP contribution in [0.5, 0.6) is 11.5 Å². The number of aromatic carboxylic acids is 1. The highest BCUT2D eigenvalue weighted by atomic mass is 20.0. The second kappa shape index (κ2) is 45.7. The van der Waals surface area contributed by atoms with Crippen molar-refractivity contribution in [3.63, 3.8) is 0 Å². The monoisotopic (exact) mass is 1300 g/mol. The Morgan fingerprint density at radius 1 is 0.545 bits per heavy atom. The molecule has 1 amide bonds. The number of carboxylic acid groups (broad SMARTS) is 1. The van der Waals surface area contributed by atoms with Crippen molar-refractivity contribution in [2.24, 2.45) is 0 Å². The molecule has 8 aromatic rings. The van der Waals surface area contributed by atoms with Crippen molar-refractivity contribution in [2.45, 2.75) is 49.7 Å². The standard InChI is InChI=1S/C26H22FN3O4.C17H16FNO2.C9H8N2O3.9F2.FH/c1-34-17-7-9-25-28-13-22(30(25)14-17)26(33)29-21-10-16(6-8-20(21)27)23(31)12-19-18-5-3-2-4-15(18)11-24(19)32;18-14-6-5-11(7-15(14)19)16(20)9-13-12-4-2-1-3-10(12)8-17(13)21;1-14-6-2-3-8-10-4-7(9(12)13)11(8)5-6;9*1-2;/h2-10,13-14,19,24,32H,11-12H2,1H3,(H,29,33);1-7,13,17,21H,8-9,19H2;2-5H,1H3,(H,12,13);;;;;;;;;;1H/t19-,24+;13-,17+;;;;;;;;;;;/m11.........../s1. The Bertz CT molecular complexity index is 3300. The van der Waals surface area contributed by atoms with Crippen molar-refractivity contribution in [1.82, 2.24) is 18.8 Å². The van der Waals surface area contributed by atoms with Gasteiger partial charge in [-0.1, -0.05) is 48.5 Å². The number of hydrogen-bond donors (Lipinski definition) is 5. The molecule has 4 aromatic carbocycles. The van der Waals surface area contributed by atoms with Crippen molar-refractivity contribution >= 4 is 46.1 Å². The number of carbonyl (C=O) groups is 4. The van der Waals surface area contributed by atoms with Gasteiger partial charge >= 0.3 is 5.97 Å². The maximum Gasteiger partial charge on any atom is 0.354 e. The van der Waals surface area contributed by atoms with E-state index >= 15 is 0 Å². The first-order chi connectivity index (χ1) is 42.2. The Balaban J connectivity index is -0.00000115. The van der Waals surface area contributed by atoms with Gasteiger partial charge in [-0.3, -0.25) is 27.9 Å². The molecular formula is C52H47F21N6O9. The van der Waals surface area contributed by atoms with Gasteiger partial charge in [0.1, 0.15) is 40.1 Å². The van der Waals surface area contributed by atoms with E-state index in [1.54, 1.807) is 41.1 Å². The minimum Gasteiger partial charge on any atom is -0.495 e. The number of halogens is 21. The smallest absolute Gasteiger partial charge is 0.354 e. The molecule has 0 fully saturated rings. The number of methoxy groups -OCH3 is 2. The minimum absolute atomic E-state index is 0. The lowest BCUT2D eigenvalue weighted by atomic mass is 9.91. The van der Waals surface area contributed by atoms with Gasteiger partial charge in [-0.15, -0.1) is 0 Å². The van der Waals surface area contributed by atoms with Gasteiger partial charge in [0.2, 0.25) is 0 Å². The number of imidazole rings is 2. The summed E-state index contributed by atoms with van der Waals surface area (Å²) >= 11 is 0. The van der Waals surface area contributed by atoms with Gasteiger partial charge in [0.15, 0.2) is 17.3 Å². The number of nitrogens with two attached hydrogens (primary N) is 1. The average Bonchev–Trinajstić information content (AvgIpc) is 3.52. The van der Waals surface area contributed by atoms with E-state index in [4.69, 9.17) is 103 Å². The highest BCUT2D eigenvalue weighted by molar-refractivity contribution is 6.05. The molecule has 0 spiro atoms. The molecule has 4 aromatic heterocycles. The molecule has 15 nitrogen and oxygen atoms in total. The molecule has 2 aliphatic carbocycles. The number of nitrogen functional groups attached to an aromatic ring is 1. The summed E-state index contributed by atoms with van der Waals surface area (Å²) in [6, 6.07) is 30.1. The summed E-state index contributed by atoms with van der Waals surface area (Å²) in [7, 11) is 3.04. The zero-order valence-electron chi connectivity index (χ0n) is 44.5. The lowest BCUT2D eigenvalue weighted by molar-refractivity contribution is 0.0688. The normalized spacial score (nSPS) is 13.6. The van der Waals surface area contributed by atoms with Gasteiger partial charge in [-0.25, -0.2) is 23.5 Å². The third-order valence-corrected chi connectivity index (χ3v) is 12.2. The van der Waals surface area contributed by atoms with Gasteiger partial charge in [0, 0.05) is 118 Å². The van der Waals surface area contributed by atoms with Crippen molar-refractivity contribution in [3.05, 3.63) is 190 Å². The van der Waals surface area contributed by atoms with Gasteiger partial charge in [-0.05, 0) is 95.8 Å². The summed E-state index contributed by atoms with van der Waals surface area (Å²) in [5.74, 6) is -2.55. The number of benzene rings is 4. The van der Waals surface area contributed by atoms with Gasteiger partial charge in [0.25, 0.3) is 5.91 Å². The number of aliphatic hydroxyl groups excluding tert-OH is 2. The molecule has 6 N–H and O–H groups in total. The first kappa shape index (κ1) is 82.6. The summed E-state index contributed by atoms with van der Waals surface area (Å²) in [5.41, 5.74) is 11.5. The van der Waals surface area contributed by atoms with Crippen LogP contribution < -0.4 is 20.5 Å². The first-order valence-electron chi connectivity index (χ1n) is 23.0. The number of aromatic nitrogens is 4. The molecule has 0 radical (unpaired) electrons. The fraction of sp³-hybridized carbons (Fsp3) is 0.192. The molecule has 88 heavy (non-hydrogen) atoms. The molecule has 10 rings (SSSR count). The fourth-order valence-electron chi connectivity index (χ4n) is 8.63. The predicted molar refractivity (Wildman–Crippen MR) is 274 cm³/mol. The van der Waals surface area contributed by atoms with Crippen LogP contribution in [0.3, 0.4) is 0 Å². The van der Waals surface area contributed by atoms with E-state index in [1.165, 1.54) is 61.3 Å². The Labute approximate surface area is 480 Å². The van der Waals surface area contributed by atoms with E-state index in [9.17, 15) is 38.2 Å². The molecule has 0 bridgehead atoms. The number of aliphatic hydroxyl groups is 2. The van der Waals surface area contributed by atoms with Crippen LogP contribution in [0, 0.1) is 11.6 Å². The zero-order chi connectivity index (χ0) is 66.9. The lowest BCUT2D eigenvalue weighted by Gasteiger charge is -2.15. The molecule has 2 aliphatic rings. The number of Topliss-reactive ketones (excluding diaryl/α,β-unsaturated/α-hetero) is 2. The minimum atomic E-state index is -1.01. The summed E-state index contributed by atoms with van der Waals surface area (Å²) in [6.07, 6.45) is 6.06. The predicted octanol–water partition coefficient (Wildman–Crippen LogP) is 15.4. The zero-order valence-corrected chi connectivity index (χ0v) is 44.5. The van der Waals surface area contributed by atoms with E-state index < -0.39 is 35.7 Å². The van der Waals surface area contributed by atoms with Crippen molar-refractivity contribution in [1.29, 1.82) is 0 Å². The number of rotatable bonds is 11. The summed E-state index contributed by atoms with van der Waals surface area (Å²) in [4.78, 5) is 57.1. The van der Waals surface area contributed by atoms with Gasteiger partial charge < -0.3 is 35.8 Å². The number of amides is 1. The fourth-order valence-corrected chi connectivity index (χ4v) is 8.63. The quantitative estimate of drug-likeness (QED) is 0.0464. The summed E-state index contributed by atoms with van der Waals surface area (Å²) in [5, 5.41) is 32.0. The van der Waals surface area contributed by atoms with E-state index in [1.807, 2.05) is 48.5 Å². The van der Waals surface area contributed by atoms with Crippen LogP contribution in [0.15, 0.2) is 134 Å². The molecule has 4 atom stereocenters. The second-order valence-corrected chi connectivity index (χ2v) is 16.5. The Morgan fingerprint density at radius 3 is 1.32 bits per heavy atom. The van der Waals surface area contributed by atoms with E-state index in [2.05, 4.69) is 15.3 Å². The van der Waals surface area contributed by atoms with Crippen molar-refractivity contribution < 1.29 is 140 Å². The van der Waals surface area contributed by atoms with Crippen LogP contribution in [-0.4, -0.2) is 84.0 Å².